The van der Waals surface area contributed by atoms with Gasteiger partial charge in [0.15, 0.2) is 0 Å². The Hall–Kier alpha value is -3.40. The highest BCUT2D eigenvalue weighted by Crippen LogP contribution is 2.46. The van der Waals surface area contributed by atoms with Gasteiger partial charge in [0.05, 0.1) is 11.4 Å². The Morgan fingerprint density at radius 1 is 0.538 bits per heavy atom. The molecule has 1 radical (unpaired) electrons. The topological polar surface area (TPSA) is 40.6 Å². The number of benzene rings is 3. The van der Waals surface area contributed by atoms with Crippen molar-refractivity contribution in [2.24, 2.45) is 0 Å². The standard InChI is InChI=1S/C35H43N2O2/c1-21(2)27-12-10-13-28(22(3)4)33(27)36-31(38)20-32(39)37(35(36)26-18-16-25(9)17-19-26)34-29(23(5)6)14-11-15-30(34)24(7)8/h10-19,21-24H,20H2,1-9H3. The SMILES string of the molecule is Cc1ccc([C]2N(c3c(C(C)C)cccc3C(C)C)C(=O)CC(=O)N2c2c(C(C)C)cccc2C(C)C)cc1. The number of nitrogens with zero attached hydrogens (tertiary/aromatic N) is 2. The third kappa shape index (κ3) is 5.39. The van der Waals surface area contributed by atoms with Crippen LogP contribution in [0.1, 0.15) is 119 Å². The molecular weight excluding hydrogens is 480 g/mol. The molecular formula is C35H43N2O2. The van der Waals surface area contributed by atoms with Crippen molar-refractivity contribution in [1.82, 2.24) is 0 Å². The van der Waals surface area contributed by atoms with E-state index in [0.717, 1.165) is 44.8 Å². The molecule has 4 nitrogen and oxygen atoms in total. The van der Waals surface area contributed by atoms with E-state index in [4.69, 9.17) is 0 Å². The van der Waals surface area contributed by atoms with Crippen molar-refractivity contribution in [3.63, 3.8) is 0 Å². The molecule has 4 heteroatoms. The van der Waals surface area contributed by atoms with Gasteiger partial charge in [0, 0.05) is 5.56 Å². The molecule has 1 heterocycles. The highest BCUT2D eigenvalue weighted by molar-refractivity contribution is 6.18. The number of anilines is 2. The highest BCUT2D eigenvalue weighted by Gasteiger charge is 2.46. The van der Waals surface area contributed by atoms with Gasteiger partial charge in [-0.2, -0.15) is 0 Å². The smallest absolute Gasteiger partial charge is 0.238 e. The van der Waals surface area contributed by atoms with E-state index in [0.29, 0.717) is 6.17 Å². The lowest BCUT2D eigenvalue weighted by Crippen LogP contribution is -2.55. The molecule has 0 N–H and O–H groups in total. The van der Waals surface area contributed by atoms with Crippen molar-refractivity contribution in [3.8, 4) is 0 Å². The molecule has 205 valence electrons. The summed E-state index contributed by atoms with van der Waals surface area (Å²) in [6.07, 6.45) is 0.449. The zero-order valence-corrected chi connectivity index (χ0v) is 25.0. The third-order valence-electron chi connectivity index (χ3n) is 7.67. The van der Waals surface area contributed by atoms with Crippen LogP contribution in [-0.2, 0) is 9.59 Å². The number of hydrogen-bond acceptors (Lipinski definition) is 2. The van der Waals surface area contributed by atoms with Crippen LogP contribution in [0.5, 0.6) is 0 Å². The quantitative estimate of drug-likeness (QED) is 0.290. The molecule has 2 amide bonds. The minimum atomic E-state index is -0.185. The average Bonchev–Trinajstić information content (AvgIpc) is 2.88. The average molecular weight is 524 g/mol. The van der Waals surface area contributed by atoms with Crippen molar-refractivity contribution in [2.75, 3.05) is 9.80 Å². The van der Waals surface area contributed by atoms with Gasteiger partial charge in [0.1, 0.15) is 6.42 Å². The zero-order chi connectivity index (χ0) is 28.6. The molecule has 0 saturated carbocycles. The van der Waals surface area contributed by atoms with Crippen LogP contribution in [0.4, 0.5) is 11.4 Å². The van der Waals surface area contributed by atoms with Crippen LogP contribution < -0.4 is 9.80 Å². The number of rotatable bonds is 7. The Morgan fingerprint density at radius 3 is 1.18 bits per heavy atom. The summed E-state index contributed by atoms with van der Waals surface area (Å²) in [5, 5.41) is 0. The van der Waals surface area contributed by atoms with Crippen molar-refractivity contribution in [1.29, 1.82) is 0 Å². The number of amides is 2. The molecule has 1 saturated heterocycles. The van der Waals surface area contributed by atoms with Crippen molar-refractivity contribution >= 4 is 23.2 Å². The van der Waals surface area contributed by atoms with E-state index in [1.807, 2.05) is 21.9 Å². The summed E-state index contributed by atoms with van der Waals surface area (Å²) < 4.78 is 0. The normalized spacial score (nSPS) is 15.0. The minimum Gasteiger partial charge on any atom is -0.279 e. The lowest BCUT2D eigenvalue weighted by molar-refractivity contribution is -0.128. The highest BCUT2D eigenvalue weighted by atomic mass is 16.2. The minimum absolute atomic E-state index is 0.177. The summed E-state index contributed by atoms with van der Waals surface area (Å²) in [5.41, 5.74) is 8.22. The first-order valence-corrected chi connectivity index (χ1v) is 14.3. The van der Waals surface area contributed by atoms with E-state index >= 15 is 0 Å². The summed E-state index contributed by atoms with van der Waals surface area (Å²) in [6.45, 7) is 19.4. The number of carbonyl (C=O) groups is 2. The fourth-order valence-electron chi connectivity index (χ4n) is 5.59. The summed E-state index contributed by atoms with van der Waals surface area (Å²) >= 11 is 0. The van der Waals surface area contributed by atoms with Gasteiger partial charge in [-0.1, -0.05) is 122 Å². The van der Waals surface area contributed by atoms with Gasteiger partial charge >= 0.3 is 0 Å². The lowest BCUT2D eigenvalue weighted by atomic mass is 9.88. The predicted molar refractivity (Wildman–Crippen MR) is 162 cm³/mol. The molecule has 1 aliphatic heterocycles. The fourth-order valence-corrected chi connectivity index (χ4v) is 5.59. The molecule has 39 heavy (non-hydrogen) atoms. The van der Waals surface area contributed by atoms with Crippen LogP contribution in [0.15, 0.2) is 60.7 Å². The van der Waals surface area contributed by atoms with Crippen LogP contribution >= 0.6 is 0 Å². The Kier molecular flexibility index (Phi) is 8.34. The third-order valence-corrected chi connectivity index (χ3v) is 7.67. The molecule has 4 rings (SSSR count). The van der Waals surface area contributed by atoms with Crippen molar-refractivity contribution in [3.05, 3.63) is 100 Å². The van der Waals surface area contributed by atoms with Gasteiger partial charge in [-0.3, -0.25) is 19.4 Å². The van der Waals surface area contributed by atoms with Crippen LogP contribution in [0, 0.1) is 13.1 Å². The van der Waals surface area contributed by atoms with Crippen LogP contribution in [0.25, 0.3) is 0 Å². The van der Waals surface area contributed by atoms with Gasteiger partial charge in [-0.25, -0.2) is 0 Å². The van der Waals surface area contributed by atoms with E-state index < -0.39 is 0 Å². The molecule has 3 aromatic rings. The molecule has 0 aromatic heterocycles. The van der Waals surface area contributed by atoms with Crippen LogP contribution in [-0.4, -0.2) is 11.8 Å². The Morgan fingerprint density at radius 2 is 0.872 bits per heavy atom. The van der Waals surface area contributed by atoms with Gasteiger partial charge in [0.2, 0.25) is 18.0 Å². The van der Waals surface area contributed by atoms with Gasteiger partial charge < -0.3 is 0 Å². The Bertz CT molecular complexity index is 1220. The second kappa shape index (κ2) is 11.4. The van der Waals surface area contributed by atoms with E-state index in [1.165, 1.54) is 0 Å². The largest absolute Gasteiger partial charge is 0.279 e. The van der Waals surface area contributed by atoms with E-state index in [-0.39, 0.29) is 41.9 Å². The molecule has 0 aliphatic carbocycles. The molecule has 0 unspecified atom stereocenters. The lowest BCUT2D eigenvalue weighted by Gasteiger charge is -2.45. The zero-order valence-electron chi connectivity index (χ0n) is 25.0. The number of hydrogen-bond donors (Lipinski definition) is 0. The predicted octanol–water partition coefficient (Wildman–Crippen LogP) is 8.80. The maximum atomic E-state index is 14.1. The Balaban J connectivity index is 2.11. The van der Waals surface area contributed by atoms with Crippen molar-refractivity contribution in [2.45, 2.75) is 92.4 Å². The molecule has 0 bridgehead atoms. The summed E-state index contributed by atoms with van der Waals surface area (Å²) in [4.78, 5) is 31.9. The number of carbonyl (C=O) groups excluding carboxylic acids is 2. The van der Waals surface area contributed by atoms with Gasteiger partial charge in [0.25, 0.3) is 0 Å². The molecule has 0 spiro atoms. The van der Waals surface area contributed by atoms with Crippen LogP contribution in [0.2, 0.25) is 0 Å². The summed E-state index contributed by atoms with van der Waals surface area (Å²) in [6, 6.07) is 20.8. The summed E-state index contributed by atoms with van der Waals surface area (Å²) in [7, 11) is 0. The second-order valence-corrected chi connectivity index (χ2v) is 12.0. The molecule has 3 aromatic carbocycles. The van der Waals surface area contributed by atoms with Gasteiger partial charge in [-0.05, 0) is 52.8 Å². The first-order valence-electron chi connectivity index (χ1n) is 14.3. The first kappa shape index (κ1) is 28.6. The van der Waals surface area contributed by atoms with Gasteiger partial charge in [-0.15, -0.1) is 0 Å². The first-order chi connectivity index (χ1) is 18.4. The molecule has 1 aliphatic rings. The fraction of sp³-hybridized carbons (Fsp3) is 0.400. The van der Waals surface area contributed by atoms with E-state index in [2.05, 4.69) is 111 Å². The van der Waals surface area contributed by atoms with Crippen molar-refractivity contribution < 1.29 is 9.59 Å². The monoisotopic (exact) mass is 523 g/mol. The maximum Gasteiger partial charge on any atom is 0.238 e. The molecule has 0 atom stereocenters. The Labute approximate surface area is 235 Å². The number of aryl methyl sites for hydroxylation is 1. The number of para-hydroxylation sites is 2. The van der Waals surface area contributed by atoms with E-state index in [1.54, 1.807) is 0 Å². The van der Waals surface area contributed by atoms with E-state index in [9.17, 15) is 9.59 Å². The molecule has 1 fully saturated rings. The second-order valence-electron chi connectivity index (χ2n) is 12.0. The maximum absolute atomic E-state index is 14.1. The summed E-state index contributed by atoms with van der Waals surface area (Å²) in [5.74, 6) is 0.430. The van der Waals surface area contributed by atoms with Crippen LogP contribution in [0.3, 0.4) is 0 Å².